The molecule has 0 bridgehead atoms. The Balaban J connectivity index is 1.71. The Morgan fingerprint density at radius 2 is 1.76 bits per heavy atom. The summed E-state index contributed by atoms with van der Waals surface area (Å²) in [7, 11) is 0. The SMILES string of the molecule is CC(=O)N1CCc2cc(N3CCc4ccccc43)ccc21. The Bertz CT molecular complexity index is 723. The number of hydrogen-bond donors (Lipinski definition) is 0. The summed E-state index contributed by atoms with van der Waals surface area (Å²) in [5, 5.41) is 0. The van der Waals surface area contributed by atoms with Gasteiger partial charge in [-0.2, -0.15) is 0 Å². The number of carbonyl (C=O) groups excluding carboxylic acids is 1. The number of nitrogens with zero attached hydrogens (tertiary/aromatic N) is 2. The van der Waals surface area contributed by atoms with Crippen LogP contribution in [0.3, 0.4) is 0 Å². The van der Waals surface area contributed by atoms with E-state index in [0.717, 1.165) is 31.6 Å². The van der Waals surface area contributed by atoms with Gasteiger partial charge in [0.05, 0.1) is 0 Å². The van der Waals surface area contributed by atoms with Gasteiger partial charge in [0.25, 0.3) is 0 Å². The van der Waals surface area contributed by atoms with Crippen LogP contribution in [0.25, 0.3) is 0 Å². The van der Waals surface area contributed by atoms with Gasteiger partial charge in [0.15, 0.2) is 0 Å². The molecule has 2 aliphatic rings. The molecule has 0 unspecified atom stereocenters. The third kappa shape index (κ3) is 1.92. The summed E-state index contributed by atoms with van der Waals surface area (Å²) in [6, 6.07) is 15.1. The van der Waals surface area contributed by atoms with Gasteiger partial charge in [-0.3, -0.25) is 4.79 Å². The molecule has 21 heavy (non-hydrogen) atoms. The van der Waals surface area contributed by atoms with Gasteiger partial charge in [-0.15, -0.1) is 0 Å². The highest BCUT2D eigenvalue weighted by Crippen LogP contribution is 2.38. The first-order valence-corrected chi connectivity index (χ1v) is 7.50. The van der Waals surface area contributed by atoms with Crippen molar-refractivity contribution >= 4 is 23.0 Å². The van der Waals surface area contributed by atoms with Crippen LogP contribution in [-0.2, 0) is 17.6 Å². The van der Waals surface area contributed by atoms with Crippen molar-refractivity contribution in [1.29, 1.82) is 0 Å². The lowest BCUT2D eigenvalue weighted by molar-refractivity contribution is -0.116. The number of benzene rings is 2. The number of anilines is 3. The number of amides is 1. The van der Waals surface area contributed by atoms with Gasteiger partial charge >= 0.3 is 0 Å². The van der Waals surface area contributed by atoms with Crippen LogP contribution in [0.4, 0.5) is 17.1 Å². The number of carbonyl (C=O) groups is 1. The minimum atomic E-state index is 0.132. The lowest BCUT2D eigenvalue weighted by Gasteiger charge is -2.21. The zero-order valence-electron chi connectivity index (χ0n) is 12.2. The van der Waals surface area contributed by atoms with Crippen molar-refractivity contribution in [3.05, 3.63) is 53.6 Å². The smallest absolute Gasteiger partial charge is 0.223 e. The molecule has 2 aliphatic heterocycles. The molecule has 0 N–H and O–H groups in total. The summed E-state index contributed by atoms with van der Waals surface area (Å²) in [4.78, 5) is 15.9. The molecule has 0 fully saturated rings. The Hall–Kier alpha value is -2.29. The van der Waals surface area contributed by atoms with Crippen molar-refractivity contribution in [2.45, 2.75) is 19.8 Å². The molecule has 4 rings (SSSR count). The predicted octanol–water partition coefficient (Wildman–Crippen LogP) is 3.29. The topological polar surface area (TPSA) is 23.6 Å². The van der Waals surface area contributed by atoms with Crippen molar-refractivity contribution in [2.24, 2.45) is 0 Å². The Morgan fingerprint density at radius 3 is 2.62 bits per heavy atom. The summed E-state index contributed by atoms with van der Waals surface area (Å²) in [5.74, 6) is 0.132. The highest BCUT2D eigenvalue weighted by Gasteiger charge is 2.25. The fourth-order valence-corrected chi connectivity index (χ4v) is 3.49. The fraction of sp³-hybridized carbons (Fsp3) is 0.278. The second kappa shape index (κ2) is 4.62. The Morgan fingerprint density at radius 1 is 0.952 bits per heavy atom. The quantitative estimate of drug-likeness (QED) is 0.799. The summed E-state index contributed by atoms with van der Waals surface area (Å²) >= 11 is 0. The molecule has 0 saturated carbocycles. The van der Waals surface area contributed by atoms with Crippen LogP contribution in [0.5, 0.6) is 0 Å². The van der Waals surface area contributed by atoms with E-state index in [0.29, 0.717) is 0 Å². The van der Waals surface area contributed by atoms with Crippen LogP contribution < -0.4 is 9.80 Å². The van der Waals surface area contributed by atoms with E-state index >= 15 is 0 Å². The van der Waals surface area contributed by atoms with Gasteiger partial charge in [0, 0.05) is 37.1 Å². The molecule has 106 valence electrons. The number of hydrogen-bond acceptors (Lipinski definition) is 2. The van der Waals surface area contributed by atoms with Crippen molar-refractivity contribution in [2.75, 3.05) is 22.9 Å². The summed E-state index contributed by atoms with van der Waals surface area (Å²) in [5.41, 5.74) is 6.34. The predicted molar refractivity (Wildman–Crippen MR) is 85.3 cm³/mol. The van der Waals surface area contributed by atoms with Gasteiger partial charge in [-0.05, 0) is 48.2 Å². The second-order valence-electron chi connectivity index (χ2n) is 5.76. The van der Waals surface area contributed by atoms with Crippen molar-refractivity contribution < 1.29 is 4.79 Å². The third-order valence-electron chi connectivity index (χ3n) is 4.54. The molecule has 1 amide bonds. The van der Waals surface area contributed by atoms with E-state index in [1.807, 2.05) is 4.90 Å². The molecule has 3 heteroatoms. The fourth-order valence-electron chi connectivity index (χ4n) is 3.49. The number of para-hydroxylation sites is 1. The lowest BCUT2D eigenvalue weighted by atomic mass is 10.1. The van der Waals surface area contributed by atoms with Crippen LogP contribution in [0.2, 0.25) is 0 Å². The maximum Gasteiger partial charge on any atom is 0.223 e. The first kappa shape index (κ1) is 12.5. The maximum absolute atomic E-state index is 11.6. The normalized spacial score (nSPS) is 16.0. The minimum Gasteiger partial charge on any atom is -0.341 e. The molecular formula is C18H18N2O. The lowest BCUT2D eigenvalue weighted by Crippen LogP contribution is -2.25. The Kier molecular flexibility index (Phi) is 2.74. The van der Waals surface area contributed by atoms with E-state index in [1.165, 1.54) is 22.5 Å². The molecule has 2 aromatic carbocycles. The molecular weight excluding hydrogens is 260 g/mol. The minimum absolute atomic E-state index is 0.132. The molecule has 0 aromatic heterocycles. The van der Waals surface area contributed by atoms with E-state index in [-0.39, 0.29) is 5.91 Å². The van der Waals surface area contributed by atoms with E-state index in [1.54, 1.807) is 6.92 Å². The molecule has 2 aromatic rings. The highest BCUT2D eigenvalue weighted by molar-refractivity contribution is 5.94. The van der Waals surface area contributed by atoms with Crippen molar-refractivity contribution in [3.8, 4) is 0 Å². The van der Waals surface area contributed by atoms with Crippen LogP contribution in [-0.4, -0.2) is 19.0 Å². The molecule has 0 aliphatic carbocycles. The van der Waals surface area contributed by atoms with Crippen LogP contribution in [0, 0.1) is 0 Å². The zero-order valence-corrected chi connectivity index (χ0v) is 12.2. The first-order chi connectivity index (χ1) is 10.2. The molecule has 0 saturated heterocycles. The van der Waals surface area contributed by atoms with Gasteiger partial charge in [-0.1, -0.05) is 18.2 Å². The van der Waals surface area contributed by atoms with Gasteiger partial charge in [0.1, 0.15) is 0 Å². The van der Waals surface area contributed by atoms with Gasteiger partial charge < -0.3 is 9.80 Å². The van der Waals surface area contributed by atoms with E-state index in [2.05, 4.69) is 47.4 Å². The largest absolute Gasteiger partial charge is 0.341 e. The highest BCUT2D eigenvalue weighted by atomic mass is 16.2. The second-order valence-corrected chi connectivity index (χ2v) is 5.76. The van der Waals surface area contributed by atoms with E-state index in [4.69, 9.17) is 0 Å². The number of rotatable bonds is 1. The standard InChI is InChI=1S/C18H18N2O/c1-13(21)19-10-9-15-12-16(6-7-18(15)19)20-11-8-14-4-2-3-5-17(14)20/h2-7,12H,8-11H2,1H3. The molecule has 3 nitrogen and oxygen atoms in total. The molecule has 0 atom stereocenters. The maximum atomic E-state index is 11.6. The van der Waals surface area contributed by atoms with E-state index in [9.17, 15) is 4.79 Å². The zero-order chi connectivity index (χ0) is 14.4. The van der Waals surface area contributed by atoms with Gasteiger partial charge in [0.2, 0.25) is 5.91 Å². The average Bonchev–Trinajstić information content (AvgIpc) is 3.10. The molecule has 0 radical (unpaired) electrons. The third-order valence-corrected chi connectivity index (χ3v) is 4.54. The molecule has 0 spiro atoms. The molecule has 2 heterocycles. The number of fused-ring (bicyclic) bond motifs is 2. The summed E-state index contributed by atoms with van der Waals surface area (Å²) in [6.07, 6.45) is 2.06. The van der Waals surface area contributed by atoms with Crippen molar-refractivity contribution in [3.63, 3.8) is 0 Å². The van der Waals surface area contributed by atoms with Crippen LogP contribution >= 0.6 is 0 Å². The van der Waals surface area contributed by atoms with Crippen molar-refractivity contribution in [1.82, 2.24) is 0 Å². The monoisotopic (exact) mass is 278 g/mol. The average molecular weight is 278 g/mol. The summed E-state index contributed by atoms with van der Waals surface area (Å²) < 4.78 is 0. The van der Waals surface area contributed by atoms with Crippen LogP contribution in [0.1, 0.15) is 18.1 Å². The first-order valence-electron chi connectivity index (χ1n) is 7.50. The Labute approximate surface area is 124 Å². The van der Waals surface area contributed by atoms with E-state index < -0.39 is 0 Å². The van der Waals surface area contributed by atoms with Gasteiger partial charge in [-0.25, -0.2) is 0 Å². The summed E-state index contributed by atoms with van der Waals surface area (Å²) in [6.45, 7) is 3.49. The van der Waals surface area contributed by atoms with Crippen LogP contribution in [0.15, 0.2) is 42.5 Å².